The Bertz CT molecular complexity index is 1740. The number of carbonyl (C=O) groups excluding carboxylic acids is 2. The van der Waals surface area contributed by atoms with Gasteiger partial charge in [0.15, 0.2) is 0 Å². The van der Waals surface area contributed by atoms with Gasteiger partial charge in [-0.3, -0.25) is 13.9 Å². The zero-order chi connectivity index (χ0) is 32.8. The van der Waals surface area contributed by atoms with Crippen molar-refractivity contribution in [2.24, 2.45) is 0 Å². The molecule has 0 radical (unpaired) electrons. The summed E-state index contributed by atoms with van der Waals surface area (Å²) in [4.78, 5) is 29.7. The van der Waals surface area contributed by atoms with Gasteiger partial charge in [-0.15, -0.1) is 0 Å². The molecule has 0 bridgehead atoms. The molecule has 4 rings (SSSR count). The van der Waals surface area contributed by atoms with Gasteiger partial charge in [-0.25, -0.2) is 12.8 Å². The predicted molar refractivity (Wildman–Crippen MR) is 176 cm³/mol. The number of amides is 2. The Labute approximate surface area is 265 Å². The topological polar surface area (TPSA) is 86.8 Å². The lowest BCUT2D eigenvalue weighted by Gasteiger charge is -2.35. The number of carbonyl (C=O) groups is 2. The highest BCUT2D eigenvalue weighted by Crippen LogP contribution is 2.26. The summed E-state index contributed by atoms with van der Waals surface area (Å²) in [5, 5.41) is 2.97. The lowest BCUT2D eigenvalue weighted by molar-refractivity contribution is -0.140. The summed E-state index contributed by atoms with van der Waals surface area (Å²) < 4.78 is 44.4. The van der Waals surface area contributed by atoms with Crippen molar-refractivity contribution in [3.8, 4) is 0 Å². The maximum atomic E-state index is 15.0. The molecule has 2 amide bonds. The van der Waals surface area contributed by atoms with Crippen LogP contribution in [-0.4, -0.2) is 43.3 Å². The standard InChI is InChI=1S/C36H40FN3O4S/c1-26-18-20-31(21-19-26)45(43,44)40(30-16-11-12-27(2)22-30)25-34(41)39(24-29-15-9-10-17-32(29)37)33(35(42)38-36(3,4)5)23-28-13-7-6-8-14-28/h6-22,33H,23-25H2,1-5H3,(H,38,42)/t33-/m0/s1. The van der Waals surface area contributed by atoms with Crippen molar-refractivity contribution in [3.63, 3.8) is 0 Å². The van der Waals surface area contributed by atoms with Crippen molar-refractivity contribution < 1.29 is 22.4 Å². The summed E-state index contributed by atoms with van der Waals surface area (Å²) in [6, 6.07) is 27.5. The first-order valence-electron chi connectivity index (χ1n) is 14.8. The second-order valence-corrected chi connectivity index (χ2v) is 14.1. The largest absolute Gasteiger partial charge is 0.350 e. The summed E-state index contributed by atoms with van der Waals surface area (Å²) in [5.41, 5.74) is 2.36. The fraction of sp³-hybridized carbons (Fsp3) is 0.278. The summed E-state index contributed by atoms with van der Waals surface area (Å²) >= 11 is 0. The smallest absolute Gasteiger partial charge is 0.264 e. The molecule has 0 saturated carbocycles. The van der Waals surface area contributed by atoms with Gasteiger partial charge in [0.25, 0.3) is 10.0 Å². The van der Waals surface area contributed by atoms with Crippen LogP contribution in [0.25, 0.3) is 0 Å². The van der Waals surface area contributed by atoms with E-state index in [2.05, 4.69) is 5.32 Å². The first-order valence-corrected chi connectivity index (χ1v) is 16.2. The highest BCUT2D eigenvalue weighted by atomic mass is 32.2. The molecule has 0 heterocycles. The number of nitrogens with one attached hydrogen (secondary N) is 1. The van der Waals surface area contributed by atoms with E-state index in [-0.39, 0.29) is 23.4 Å². The molecule has 0 spiro atoms. The number of aryl methyl sites for hydroxylation is 2. The SMILES string of the molecule is Cc1ccc(S(=O)(=O)N(CC(=O)N(Cc2ccccc2F)[C@@H](Cc2ccccc2)C(=O)NC(C)(C)C)c2cccc(C)c2)cc1. The Hall–Kier alpha value is -4.50. The minimum absolute atomic E-state index is 0.0226. The van der Waals surface area contributed by atoms with Gasteiger partial charge in [0, 0.05) is 24.1 Å². The number of hydrogen-bond acceptors (Lipinski definition) is 4. The van der Waals surface area contributed by atoms with E-state index in [0.717, 1.165) is 21.0 Å². The van der Waals surface area contributed by atoms with E-state index in [9.17, 15) is 18.0 Å². The van der Waals surface area contributed by atoms with Gasteiger partial charge in [0.2, 0.25) is 11.8 Å². The normalized spacial score (nSPS) is 12.3. The predicted octanol–water partition coefficient (Wildman–Crippen LogP) is 6.19. The van der Waals surface area contributed by atoms with Crippen molar-refractivity contribution in [3.05, 3.63) is 131 Å². The van der Waals surface area contributed by atoms with E-state index >= 15 is 4.39 Å². The fourth-order valence-corrected chi connectivity index (χ4v) is 6.37. The molecule has 0 aliphatic carbocycles. The average molecular weight is 630 g/mol. The van der Waals surface area contributed by atoms with Gasteiger partial charge in [0.1, 0.15) is 18.4 Å². The van der Waals surface area contributed by atoms with E-state index in [1.165, 1.54) is 23.1 Å². The number of hydrogen-bond donors (Lipinski definition) is 1. The van der Waals surface area contributed by atoms with Crippen molar-refractivity contribution >= 4 is 27.5 Å². The van der Waals surface area contributed by atoms with Crippen molar-refractivity contribution in [1.82, 2.24) is 10.2 Å². The zero-order valence-electron chi connectivity index (χ0n) is 26.3. The van der Waals surface area contributed by atoms with Crippen molar-refractivity contribution in [1.29, 1.82) is 0 Å². The van der Waals surface area contributed by atoms with Gasteiger partial charge < -0.3 is 10.2 Å². The van der Waals surface area contributed by atoms with Crippen LogP contribution in [0.2, 0.25) is 0 Å². The molecule has 0 aliphatic rings. The molecule has 0 aromatic heterocycles. The quantitative estimate of drug-likeness (QED) is 0.214. The van der Waals surface area contributed by atoms with Crippen LogP contribution >= 0.6 is 0 Å². The minimum Gasteiger partial charge on any atom is -0.350 e. The average Bonchev–Trinajstić information content (AvgIpc) is 2.98. The Morgan fingerprint density at radius 1 is 0.822 bits per heavy atom. The number of nitrogens with zero attached hydrogens (tertiary/aromatic N) is 2. The molecule has 0 aliphatic heterocycles. The van der Waals surface area contributed by atoms with E-state index in [1.54, 1.807) is 48.5 Å². The number of anilines is 1. The first-order chi connectivity index (χ1) is 21.2. The van der Waals surface area contributed by atoms with Crippen molar-refractivity contribution in [2.45, 2.75) is 64.1 Å². The molecular formula is C36H40FN3O4S. The van der Waals surface area contributed by atoms with Gasteiger partial charge in [-0.2, -0.15) is 0 Å². The number of rotatable bonds is 11. The molecule has 7 nitrogen and oxygen atoms in total. The third kappa shape index (κ3) is 8.79. The van der Waals surface area contributed by atoms with Gasteiger partial charge in [0.05, 0.1) is 10.6 Å². The lowest BCUT2D eigenvalue weighted by Crippen LogP contribution is -2.56. The second kappa shape index (κ2) is 14.1. The molecule has 0 unspecified atom stereocenters. The monoisotopic (exact) mass is 629 g/mol. The molecular weight excluding hydrogens is 589 g/mol. The molecule has 9 heteroatoms. The maximum absolute atomic E-state index is 15.0. The molecule has 4 aromatic rings. The van der Waals surface area contributed by atoms with Crippen LogP contribution in [0.3, 0.4) is 0 Å². The van der Waals surface area contributed by atoms with Crippen LogP contribution in [-0.2, 0) is 32.6 Å². The molecule has 45 heavy (non-hydrogen) atoms. The minimum atomic E-state index is -4.22. The van der Waals surface area contributed by atoms with Gasteiger partial charge in [-0.05, 0) is 76.1 Å². The van der Waals surface area contributed by atoms with E-state index in [1.807, 2.05) is 71.0 Å². The molecule has 1 atom stereocenters. The van der Waals surface area contributed by atoms with Crippen LogP contribution in [0, 0.1) is 19.7 Å². The highest BCUT2D eigenvalue weighted by molar-refractivity contribution is 7.92. The van der Waals surface area contributed by atoms with Crippen LogP contribution in [0.1, 0.15) is 43.0 Å². The third-order valence-electron chi connectivity index (χ3n) is 7.25. The Kier molecular flexibility index (Phi) is 10.4. The summed E-state index contributed by atoms with van der Waals surface area (Å²) in [7, 11) is -4.22. The van der Waals surface area contributed by atoms with Crippen LogP contribution in [0.4, 0.5) is 10.1 Å². The van der Waals surface area contributed by atoms with E-state index in [0.29, 0.717) is 5.69 Å². The molecule has 0 fully saturated rings. The summed E-state index contributed by atoms with van der Waals surface area (Å²) in [6.07, 6.45) is 0.137. The highest BCUT2D eigenvalue weighted by Gasteiger charge is 2.36. The second-order valence-electron chi connectivity index (χ2n) is 12.2. The Morgan fingerprint density at radius 3 is 2.09 bits per heavy atom. The molecule has 4 aromatic carbocycles. The van der Waals surface area contributed by atoms with E-state index < -0.39 is 45.8 Å². The van der Waals surface area contributed by atoms with Crippen LogP contribution in [0.5, 0.6) is 0 Å². The van der Waals surface area contributed by atoms with Gasteiger partial charge >= 0.3 is 0 Å². The Balaban J connectivity index is 1.83. The van der Waals surface area contributed by atoms with Crippen molar-refractivity contribution in [2.75, 3.05) is 10.8 Å². The maximum Gasteiger partial charge on any atom is 0.264 e. The first kappa shape index (κ1) is 33.4. The summed E-state index contributed by atoms with van der Waals surface area (Å²) in [6.45, 7) is 8.34. The fourth-order valence-electron chi connectivity index (χ4n) is 4.97. The third-order valence-corrected chi connectivity index (χ3v) is 9.03. The molecule has 1 N–H and O–H groups in total. The summed E-state index contributed by atoms with van der Waals surface area (Å²) in [5.74, 6) is -1.62. The van der Waals surface area contributed by atoms with E-state index in [4.69, 9.17) is 0 Å². The number of halogens is 1. The van der Waals surface area contributed by atoms with Gasteiger partial charge in [-0.1, -0.05) is 78.4 Å². The Morgan fingerprint density at radius 2 is 1.47 bits per heavy atom. The number of sulfonamides is 1. The molecule has 236 valence electrons. The van der Waals surface area contributed by atoms with Crippen LogP contribution < -0.4 is 9.62 Å². The number of benzene rings is 4. The lowest BCUT2D eigenvalue weighted by atomic mass is 10.0. The zero-order valence-corrected chi connectivity index (χ0v) is 27.1. The molecule has 0 saturated heterocycles. The van der Waals surface area contributed by atoms with Crippen LogP contribution in [0.15, 0.2) is 108 Å².